The van der Waals surface area contributed by atoms with Crippen LogP contribution in [0.25, 0.3) is 0 Å². The Kier molecular flexibility index (Phi) is 38.0. The van der Waals surface area contributed by atoms with Crippen LogP contribution in [0.3, 0.4) is 0 Å². The summed E-state index contributed by atoms with van der Waals surface area (Å²) in [5.41, 5.74) is 28.4. The van der Waals surface area contributed by atoms with Crippen LogP contribution in [0.5, 0.6) is 17.2 Å². The van der Waals surface area contributed by atoms with Crippen LogP contribution in [0.15, 0.2) is 193 Å². The maximum atomic E-state index is 13.1. The zero-order chi connectivity index (χ0) is 104. The number of carboxylic acid groups (broad SMARTS) is 1. The zero-order valence-electron chi connectivity index (χ0n) is 91.5. The minimum Gasteiger partial charge on any atom is -0.497 e. The molecule has 0 spiro atoms. The number of ether oxygens (including phenoxy) is 5. The SMILES string of the molecule is CC.CCCC[C@@H](Cc1cccc(OC)c1)NC(=O)c1ccc(NC23CC4CC(CC(C4)C2)C3)cc1.CCCC[C@H](N)Cc1cccc(OC)c1.CCCC[C@H]1Cc2cc(OC)ccc2C(c2ccc(NC34CC5CC(CC(C5)C3)C4)cc2)=N1.CCOC(=O)c1ccc(I)cc1.CCOC(=O)c1ccc(NC23CC4CC(CC(C4)C2)C3)cc1.NC12CC3CC(CC(C3)C1)C2.O=C(O)c1ccc(NC23CC4CC(CC(C4)C2)C3)cc1. The predicted molar refractivity (Wildman–Crippen MR) is 616 cm³/mol. The molecular weight excluding hydrogens is 1960 g/mol. The van der Waals surface area contributed by atoms with Crippen LogP contribution in [0, 0.1) is 92.3 Å². The molecule has 1 amide bonds. The topological polar surface area (TPSA) is 259 Å². The number of halogens is 1. The number of fused-ring (bicyclic) bond motifs is 1. The Bertz CT molecular complexity index is 5530. The second-order valence-electron chi connectivity index (χ2n) is 49.0. The van der Waals surface area contributed by atoms with Gasteiger partial charge in [-0.2, -0.15) is 0 Å². The van der Waals surface area contributed by atoms with Gasteiger partial charge < -0.3 is 66.8 Å². The first-order chi connectivity index (χ1) is 72.2. The van der Waals surface area contributed by atoms with Crippen LogP contribution < -0.4 is 52.3 Å². The number of aromatic carboxylic acids is 1. The number of nitrogens with zero attached hydrogens (tertiary/aromatic N) is 1. The molecule has 8 aromatic rings. The maximum Gasteiger partial charge on any atom is 0.338 e. The Labute approximate surface area is 905 Å². The van der Waals surface area contributed by atoms with Gasteiger partial charge in [0.1, 0.15) is 17.2 Å². The van der Waals surface area contributed by atoms with Crippen LogP contribution >= 0.6 is 22.6 Å². The molecular formula is C130H177IN8O10. The minimum atomic E-state index is -0.855. The third-order valence-corrected chi connectivity index (χ3v) is 37.4. The number of anilines is 4. The monoisotopic (exact) mass is 2140 g/mol. The van der Waals surface area contributed by atoms with E-state index in [4.69, 9.17) is 45.3 Å². The second-order valence-corrected chi connectivity index (χ2v) is 50.2. The highest BCUT2D eigenvalue weighted by atomic mass is 127. The number of benzene rings is 8. The van der Waals surface area contributed by atoms with E-state index in [-0.39, 0.29) is 29.9 Å². The average Bonchev–Trinajstić information content (AvgIpc) is 0.746. The van der Waals surface area contributed by atoms with Crippen molar-refractivity contribution in [3.8, 4) is 17.2 Å². The van der Waals surface area contributed by atoms with Gasteiger partial charge in [0.25, 0.3) is 5.91 Å². The van der Waals surface area contributed by atoms with Crippen LogP contribution in [0.2, 0.25) is 0 Å². The van der Waals surface area contributed by atoms with Gasteiger partial charge in [0, 0.05) is 82.8 Å². The molecule has 149 heavy (non-hydrogen) atoms. The number of aliphatic imine (C=N–C) groups is 1. The number of unbranched alkanes of at least 4 members (excludes halogenated alkanes) is 3. The molecule has 1 aliphatic heterocycles. The molecule has 20 saturated carbocycles. The summed E-state index contributed by atoms with van der Waals surface area (Å²) in [7, 11) is 5.14. The minimum absolute atomic E-state index is 0.0188. The largest absolute Gasteiger partial charge is 0.497 e. The van der Waals surface area contributed by atoms with Gasteiger partial charge in [-0.25, -0.2) is 14.4 Å². The molecule has 20 fully saturated rings. The number of carbonyl (C=O) groups excluding carboxylic acids is 3. The highest BCUT2D eigenvalue weighted by molar-refractivity contribution is 14.1. The summed E-state index contributed by atoms with van der Waals surface area (Å²) in [6.45, 7) is 15.1. The Morgan fingerprint density at radius 3 is 1.07 bits per heavy atom. The molecule has 20 bridgehead atoms. The maximum absolute atomic E-state index is 13.1. The summed E-state index contributed by atoms with van der Waals surface area (Å²) in [5, 5.41) is 27.8. The summed E-state index contributed by atoms with van der Waals surface area (Å²) < 4.78 is 27.1. The normalized spacial score (nSPS) is 30.2. The summed E-state index contributed by atoms with van der Waals surface area (Å²) in [6, 6.07) is 63.2. The molecule has 20 aliphatic carbocycles. The van der Waals surface area contributed by atoms with Crippen molar-refractivity contribution in [2.75, 3.05) is 55.8 Å². The number of amides is 1. The summed E-state index contributed by atoms with van der Waals surface area (Å²) in [4.78, 5) is 52.1. The number of rotatable bonds is 32. The van der Waals surface area contributed by atoms with E-state index in [1.165, 1.54) is 252 Å². The number of nitrogens with one attached hydrogen (secondary N) is 5. The van der Waals surface area contributed by atoms with Gasteiger partial charge >= 0.3 is 17.9 Å². The number of nitrogens with two attached hydrogens (primary N) is 2. The standard InChI is InChI=1S/C30H40N2O2.C30H38N2O.C19H25NO2.C17H21NO2.C13H21NO.C10H17N.C9H9IO2.C2H6/c1-3-4-7-27(16-21-6-5-8-28(17-21)34-2)31-29(33)25-9-11-26(12-10-25)32-30-18-22-13-23(19-30)15-24(14-22)20-30;1-3-4-5-26-15-24-16-27(33-2)10-11-28(24)29(31-26)23-6-8-25(9-7-23)32-30-17-20-12-21(18-30)14-22(13-20)19-30;1-2-22-18(21)16-3-5-17(6-4-16)20-19-10-13-7-14(11-19)9-15(8-13)12-19;19-16(20)14-1-3-15(4-2-14)18-17-8-11-5-12(9-17)7-13(6-11)10-17;1-3-4-7-12(14)9-11-6-5-8-13(10-11)15-2;11-10-4-7-1-8(5-10)3-9(2-7)6-10;1-2-12-9(11)7-3-5-8(10)6-4-7;1-2/h5-6,8-12,17,22-24,27,32H,3-4,7,13-16,18-20H2,1-2H3,(H,31,33);6-11,16,20-22,26,32H,3-5,12-15,17-19H2,1-2H3;3-6,13-15,20H,2,7-12H2,1H3;1-4,11-13,18H,5-10H2,(H,19,20);5-6,8,10,12H,3-4,7,9,14H2,1-2H3;7-9H,1-6,11H2;3-6H,2H2,1H3;1-2H3/t22?,23?,24?,27-,30?;20?,21?,22?,26-,30?;;;12-;;;/m00..0.../s1. The first kappa shape index (κ1) is 111. The molecule has 1 heterocycles. The third-order valence-electron chi connectivity index (χ3n) is 36.7. The van der Waals surface area contributed by atoms with Crippen molar-refractivity contribution in [1.82, 2.24) is 5.32 Å². The molecule has 18 nitrogen and oxygen atoms in total. The molecule has 0 radical (unpaired) electrons. The van der Waals surface area contributed by atoms with E-state index in [1.54, 1.807) is 52.5 Å². The number of hydrogen-bond donors (Lipinski definition) is 8. The summed E-state index contributed by atoms with van der Waals surface area (Å²) in [6.07, 6.45) is 55.2. The van der Waals surface area contributed by atoms with Gasteiger partial charge in [0.2, 0.25) is 0 Å². The van der Waals surface area contributed by atoms with Crippen molar-refractivity contribution in [3.63, 3.8) is 0 Å². The lowest BCUT2D eigenvalue weighted by Crippen LogP contribution is -2.55. The number of esters is 2. The molecule has 3 atom stereocenters. The molecule has 0 aromatic heterocycles. The number of methoxy groups -OCH3 is 3. The lowest BCUT2D eigenvalue weighted by Gasteiger charge is -2.57. The van der Waals surface area contributed by atoms with E-state index in [0.717, 1.165) is 189 Å². The number of carboxylic acids is 1. The van der Waals surface area contributed by atoms with E-state index in [2.05, 4.69) is 149 Å². The van der Waals surface area contributed by atoms with E-state index in [0.29, 0.717) is 63.6 Å². The van der Waals surface area contributed by atoms with Gasteiger partial charge in [0.05, 0.1) is 63.0 Å². The van der Waals surface area contributed by atoms with Crippen molar-refractivity contribution in [1.29, 1.82) is 0 Å². The smallest absolute Gasteiger partial charge is 0.338 e. The van der Waals surface area contributed by atoms with E-state index >= 15 is 0 Å². The van der Waals surface area contributed by atoms with Crippen molar-refractivity contribution in [2.45, 2.75) is 364 Å². The molecule has 19 heteroatoms. The second kappa shape index (κ2) is 51.1. The van der Waals surface area contributed by atoms with Crippen LogP contribution in [-0.4, -0.2) is 115 Å². The Morgan fingerprint density at radius 1 is 0.396 bits per heavy atom. The van der Waals surface area contributed by atoms with Gasteiger partial charge in [-0.1, -0.05) is 110 Å². The van der Waals surface area contributed by atoms with Crippen LogP contribution in [0.4, 0.5) is 22.7 Å². The molecule has 8 aromatic carbocycles. The third kappa shape index (κ3) is 29.4. The summed E-state index contributed by atoms with van der Waals surface area (Å²) in [5.74, 6) is 15.7. The first-order valence-corrected chi connectivity index (χ1v) is 59.5. The Balaban J connectivity index is 0.000000122. The van der Waals surface area contributed by atoms with E-state index in [9.17, 15) is 19.2 Å². The van der Waals surface area contributed by atoms with Gasteiger partial charge in [-0.15, -0.1) is 0 Å². The van der Waals surface area contributed by atoms with Crippen molar-refractivity contribution >= 4 is 74.9 Å². The van der Waals surface area contributed by atoms with Crippen molar-refractivity contribution < 1.29 is 48.0 Å². The number of carbonyl (C=O) groups is 4. The highest BCUT2D eigenvalue weighted by Gasteiger charge is 2.56. The molecule has 0 saturated heterocycles. The molecule has 804 valence electrons. The van der Waals surface area contributed by atoms with Crippen LogP contribution in [0.1, 0.15) is 368 Å². The molecule has 29 rings (SSSR count). The first-order valence-electron chi connectivity index (χ1n) is 58.4. The van der Waals surface area contributed by atoms with E-state index in [1.807, 2.05) is 106 Å². The van der Waals surface area contributed by atoms with Gasteiger partial charge in [-0.3, -0.25) is 9.79 Å². The fourth-order valence-corrected chi connectivity index (χ4v) is 32.8. The highest BCUT2D eigenvalue weighted by Crippen LogP contribution is 2.62. The zero-order valence-corrected chi connectivity index (χ0v) is 93.7. The number of hydrogen-bond acceptors (Lipinski definition) is 16. The van der Waals surface area contributed by atoms with Crippen molar-refractivity contribution in [3.05, 3.63) is 242 Å². The summed E-state index contributed by atoms with van der Waals surface area (Å²) >= 11 is 2.19. The van der Waals surface area contributed by atoms with Gasteiger partial charge in [-0.05, 0) is 525 Å². The fourth-order valence-electron chi connectivity index (χ4n) is 32.5. The quantitative estimate of drug-likeness (QED) is 0.0144. The molecule has 10 N–H and O–H groups in total. The Morgan fingerprint density at radius 2 is 0.725 bits per heavy atom. The molecule has 0 unspecified atom stereocenters. The van der Waals surface area contributed by atoms with Crippen LogP contribution in [-0.2, 0) is 28.7 Å². The average molecular weight is 2140 g/mol. The van der Waals surface area contributed by atoms with Gasteiger partial charge in [0.15, 0.2) is 0 Å². The lowest BCUT2D eigenvalue weighted by molar-refractivity contribution is 0.000339. The fraction of sp³-hybridized carbons (Fsp3) is 0.592. The predicted octanol–water partition coefficient (Wildman–Crippen LogP) is 29.8. The lowest BCUT2D eigenvalue weighted by atomic mass is 9.53. The van der Waals surface area contributed by atoms with Crippen molar-refractivity contribution in [2.24, 2.45) is 105 Å². The molecule has 21 aliphatic rings. The Hall–Kier alpha value is -9.44. The van der Waals surface area contributed by atoms with E-state index < -0.39 is 5.97 Å².